The second-order valence-corrected chi connectivity index (χ2v) is 6.97. The second kappa shape index (κ2) is 8.36. The SMILES string of the molecule is COC1C(C(C)=O)C(c2ccc([N+](=O)[O-])cc2)C(C(C)=O)=CN1c1ccccc1. The lowest BCUT2D eigenvalue weighted by Crippen LogP contribution is -2.49. The summed E-state index contributed by atoms with van der Waals surface area (Å²) < 4.78 is 5.71. The highest BCUT2D eigenvalue weighted by molar-refractivity contribution is 5.97. The number of carbonyl (C=O) groups excluding carboxylic acids is 2. The largest absolute Gasteiger partial charge is 0.360 e. The third-order valence-electron chi connectivity index (χ3n) is 5.19. The van der Waals surface area contributed by atoms with Crippen LogP contribution in [-0.2, 0) is 14.3 Å². The van der Waals surface area contributed by atoms with Crippen molar-refractivity contribution in [3.8, 4) is 0 Å². The van der Waals surface area contributed by atoms with Crippen LogP contribution in [0.3, 0.4) is 0 Å². The second-order valence-electron chi connectivity index (χ2n) is 6.97. The molecule has 0 aromatic heterocycles. The third-order valence-corrected chi connectivity index (χ3v) is 5.19. The van der Waals surface area contributed by atoms with E-state index in [1.165, 1.54) is 33.1 Å². The fourth-order valence-corrected chi connectivity index (χ4v) is 3.85. The number of Topliss-reactive ketones (excluding diaryl/α,β-unsaturated/α-hetero) is 2. The molecule has 7 heteroatoms. The molecule has 0 saturated carbocycles. The smallest absolute Gasteiger partial charge is 0.269 e. The van der Waals surface area contributed by atoms with Gasteiger partial charge >= 0.3 is 0 Å². The van der Waals surface area contributed by atoms with Crippen LogP contribution < -0.4 is 4.90 Å². The van der Waals surface area contributed by atoms with Crippen LogP contribution in [0.15, 0.2) is 66.4 Å². The number of rotatable bonds is 6. The van der Waals surface area contributed by atoms with Crippen molar-refractivity contribution in [2.75, 3.05) is 12.0 Å². The minimum absolute atomic E-state index is 0.0495. The molecule has 0 bridgehead atoms. The van der Waals surface area contributed by atoms with Gasteiger partial charge in [0, 0.05) is 42.6 Å². The number of benzene rings is 2. The summed E-state index contributed by atoms with van der Waals surface area (Å²) in [4.78, 5) is 37.6. The molecule has 0 radical (unpaired) electrons. The molecule has 1 heterocycles. The number of carbonyl (C=O) groups is 2. The Bertz CT molecular complexity index is 953. The first kappa shape index (κ1) is 20.4. The summed E-state index contributed by atoms with van der Waals surface area (Å²) >= 11 is 0. The van der Waals surface area contributed by atoms with E-state index < -0.39 is 23.0 Å². The zero-order chi connectivity index (χ0) is 21.1. The minimum atomic E-state index is -0.662. The number of allylic oxidation sites excluding steroid dienone is 1. The molecule has 3 unspecified atom stereocenters. The maximum Gasteiger partial charge on any atom is 0.269 e. The Morgan fingerprint density at radius 3 is 2.14 bits per heavy atom. The van der Waals surface area contributed by atoms with Gasteiger partial charge in [0.2, 0.25) is 0 Å². The Labute approximate surface area is 168 Å². The van der Waals surface area contributed by atoms with Gasteiger partial charge in [0.1, 0.15) is 12.0 Å². The number of nitro benzene ring substituents is 1. The quantitative estimate of drug-likeness (QED) is 0.546. The van der Waals surface area contributed by atoms with Crippen molar-refractivity contribution < 1.29 is 19.2 Å². The molecule has 29 heavy (non-hydrogen) atoms. The Morgan fingerprint density at radius 1 is 1.03 bits per heavy atom. The molecule has 2 aromatic carbocycles. The highest BCUT2D eigenvalue weighted by Gasteiger charge is 2.44. The predicted molar refractivity (Wildman–Crippen MR) is 108 cm³/mol. The zero-order valence-corrected chi connectivity index (χ0v) is 16.4. The van der Waals surface area contributed by atoms with Crippen molar-refractivity contribution in [3.05, 3.63) is 82.0 Å². The molecule has 1 aliphatic heterocycles. The molecule has 3 atom stereocenters. The molecule has 0 saturated heterocycles. The fourth-order valence-electron chi connectivity index (χ4n) is 3.85. The van der Waals surface area contributed by atoms with Gasteiger partial charge in [-0.1, -0.05) is 30.3 Å². The number of hydrogen-bond acceptors (Lipinski definition) is 6. The summed E-state index contributed by atoms with van der Waals surface area (Å²) in [7, 11) is 1.52. The lowest BCUT2D eigenvalue weighted by atomic mass is 9.74. The van der Waals surface area contributed by atoms with E-state index in [1.807, 2.05) is 30.3 Å². The van der Waals surface area contributed by atoms with Crippen LogP contribution in [0.4, 0.5) is 11.4 Å². The molecule has 2 aromatic rings. The third kappa shape index (κ3) is 3.95. The molecule has 0 spiro atoms. The summed E-state index contributed by atoms with van der Waals surface area (Å²) in [6, 6.07) is 15.3. The molecule has 0 aliphatic carbocycles. The van der Waals surface area contributed by atoms with Crippen LogP contribution in [0, 0.1) is 16.0 Å². The Morgan fingerprint density at radius 2 is 1.66 bits per heavy atom. The summed E-state index contributed by atoms with van der Waals surface area (Å²) in [5.41, 5.74) is 1.86. The van der Waals surface area contributed by atoms with E-state index in [4.69, 9.17) is 4.74 Å². The highest BCUT2D eigenvalue weighted by atomic mass is 16.6. The molecule has 7 nitrogen and oxygen atoms in total. The number of methoxy groups -OCH3 is 1. The normalized spacial score (nSPS) is 21.4. The van der Waals surface area contributed by atoms with Crippen molar-refractivity contribution in [1.29, 1.82) is 0 Å². The van der Waals surface area contributed by atoms with E-state index in [2.05, 4.69) is 0 Å². The molecule has 150 valence electrons. The van der Waals surface area contributed by atoms with Crippen molar-refractivity contribution in [2.45, 2.75) is 26.0 Å². The number of nitrogens with zero attached hydrogens (tertiary/aromatic N) is 2. The Kier molecular flexibility index (Phi) is 5.89. The van der Waals surface area contributed by atoms with Crippen LogP contribution in [0.1, 0.15) is 25.3 Å². The number of non-ortho nitro benzene ring substituents is 1. The molecule has 0 fully saturated rings. The number of nitro groups is 1. The maximum absolute atomic E-state index is 12.7. The highest BCUT2D eigenvalue weighted by Crippen LogP contribution is 2.43. The maximum atomic E-state index is 12.7. The van der Waals surface area contributed by atoms with Gasteiger partial charge in [0.25, 0.3) is 5.69 Å². The van der Waals surface area contributed by atoms with E-state index in [0.717, 1.165) is 5.69 Å². The summed E-state index contributed by atoms with van der Waals surface area (Å²) in [6.45, 7) is 2.93. The van der Waals surface area contributed by atoms with Crippen LogP contribution in [0.5, 0.6) is 0 Å². The lowest BCUT2D eigenvalue weighted by molar-refractivity contribution is -0.384. The molecular weight excluding hydrogens is 372 g/mol. The van der Waals surface area contributed by atoms with Crippen molar-refractivity contribution in [1.82, 2.24) is 0 Å². The molecule has 0 amide bonds. The van der Waals surface area contributed by atoms with E-state index in [0.29, 0.717) is 11.1 Å². The van der Waals surface area contributed by atoms with E-state index in [-0.39, 0.29) is 17.3 Å². The van der Waals surface area contributed by atoms with Gasteiger partial charge in [-0.25, -0.2) is 0 Å². The fraction of sp³-hybridized carbons (Fsp3) is 0.273. The minimum Gasteiger partial charge on any atom is -0.360 e. The molecular formula is C22H22N2O5. The number of anilines is 1. The molecule has 3 rings (SSSR count). The van der Waals surface area contributed by atoms with Crippen LogP contribution in [0.2, 0.25) is 0 Å². The first-order chi connectivity index (χ1) is 13.8. The van der Waals surface area contributed by atoms with Crippen molar-refractivity contribution >= 4 is 22.9 Å². The number of hydrogen-bond donors (Lipinski definition) is 0. The van der Waals surface area contributed by atoms with Crippen LogP contribution in [0.25, 0.3) is 0 Å². The topological polar surface area (TPSA) is 89.7 Å². The van der Waals surface area contributed by atoms with Gasteiger partial charge in [-0.2, -0.15) is 0 Å². The first-order valence-corrected chi connectivity index (χ1v) is 9.18. The van der Waals surface area contributed by atoms with Gasteiger partial charge in [-0.3, -0.25) is 19.7 Å². The number of para-hydroxylation sites is 1. The van der Waals surface area contributed by atoms with Gasteiger partial charge < -0.3 is 9.64 Å². The van der Waals surface area contributed by atoms with E-state index >= 15 is 0 Å². The molecule has 0 N–H and O–H groups in total. The van der Waals surface area contributed by atoms with Crippen molar-refractivity contribution in [3.63, 3.8) is 0 Å². The van der Waals surface area contributed by atoms with Crippen LogP contribution >= 0.6 is 0 Å². The Balaban J connectivity index is 2.18. The van der Waals surface area contributed by atoms with Crippen LogP contribution in [-0.4, -0.2) is 29.8 Å². The first-order valence-electron chi connectivity index (χ1n) is 9.18. The average Bonchev–Trinajstić information content (AvgIpc) is 2.72. The monoisotopic (exact) mass is 394 g/mol. The Hall–Kier alpha value is -3.32. The van der Waals surface area contributed by atoms with E-state index in [1.54, 1.807) is 23.2 Å². The van der Waals surface area contributed by atoms with Gasteiger partial charge in [-0.15, -0.1) is 0 Å². The summed E-state index contributed by atoms with van der Waals surface area (Å²) in [5.74, 6) is -1.52. The number of ketones is 2. The number of ether oxygens (including phenoxy) is 1. The summed E-state index contributed by atoms with van der Waals surface area (Å²) in [5, 5.41) is 11.0. The van der Waals surface area contributed by atoms with Gasteiger partial charge in [0.05, 0.1) is 10.8 Å². The molecule has 1 aliphatic rings. The summed E-state index contributed by atoms with van der Waals surface area (Å²) in [6.07, 6.45) is 1.09. The van der Waals surface area contributed by atoms with Gasteiger partial charge in [-0.05, 0) is 31.5 Å². The lowest BCUT2D eigenvalue weighted by Gasteiger charge is -2.43. The standard InChI is InChI=1S/C22H22N2O5/c1-14(25)19-13-23(17-7-5-4-6-8-17)22(29-3)20(15(2)26)21(19)16-9-11-18(12-10-16)24(27)28/h4-13,20-22H,1-3H3. The van der Waals surface area contributed by atoms with Crippen molar-refractivity contribution in [2.24, 2.45) is 5.92 Å². The van der Waals surface area contributed by atoms with E-state index in [9.17, 15) is 19.7 Å². The zero-order valence-electron chi connectivity index (χ0n) is 16.4. The van der Waals surface area contributed by atoms with Gasteiger partial charge in [0.15, 0.2) is 5.78 Å². The predicted octanol–water partition coefficient (Wildman–Crippen LogP) is 3.85. The average molecular weight is 394 g/mol.